The van der Waals surface area contributed by atoms with Gasteiger partial charge in [-0.15, -0.1) is 0 Å². The van der Waals surface area contributed by atoms with Gasteiger partial charge in [0.1, 0.15) is 0 Å². The van der Waals surface area contributed by atoms with E-state index in [0.29, 0.717) is 11.8 Å². The fraction of sp³-hybridized carbons (Fsp3) is 0.391. The quantitative estimate of drug-likeness (QED) is 0.418. The maximum atomic E-state index is 7.75. The summed E-state index contributed by atoms with van der Waals surface area (Å²) in [5, 5.41) is 0. The van der Waals surface area contributed by atoms with Crippen molar-refractivity contribution in [2.24, 2.45) is 0 Å². The topological polar surface area (TPSA) is 0 Å². The van der Waals surface area contributed by atoms with Crippen LogP contribution in [-0.4, -0.2) is 7.37 Å². The van der Waals surface area contributed by atoms with Crippen LogP contribution in [0.25, 0.3) is 6.08 Å². The van der Waals surface area contributed by atoms with Crippen LogP contribution in [0.3, 0.4) is 0 Å². The van der Waals surface area contributed by atoms with Crippen molar-refractivity contribution in [3.63, 3.8) is 0 Å². The van der Waals surface area contributed by atoms with Crippen molar-refractivity contribution >= 4 is 33.7 Å². The van der Waals surface area contributed by atoms with E-state index in [4.69, 9.17) is 17.0 Å². The van der Waals surface area contributed by atoms with E-state index in [-0.39, 0.29) is 3.63 Å². The summed E-state index contributed by atoms with van der Waals surface area (Å²) in [6, 6.07) is 15.3. The predicted octanol–water partition coefficient (Wildman–Crippen LogP) is 6.58. The van der Waals surface area contributed by atoms with Crippen molar-refractivity contribution < 1.29 is 14.1 Å². The standard InChI is InChI=1S/C16H21.C6H5.CH3.2ClH.H3Si.Zr/c1-10(2)13-8-14-6-12(5)7-16(14)15(9-13)11(3)4;1-2-4-6-5-3-1;;;;;/h6-11H,1-5H3;1-5H;1H3;2*1H;1H3;/q;;;;;;+2/p-2. The van der Waals surface area contributed by atoms with E-state index in [1.807, 2.05) is 6.07 Å². The fourth-order valence-corrected chi connectivity index (χ4v) is 27.3. The average molecular weight is 499 g/mol. The Morgan fingerprint density at radius 3 is 2.07 bits per heavy atom. The Labute approximate surface area is 171 Å². The molecule has 1 atom stereocenters. The fourth-order valence-electron chi connectivity index (χ4n) is 4.90. The van der Waals surface area contributed by atoms with E-state index in [0.717, 1.165) is 7.37 Å². The molecule has 4 heteroatoms. The Morgan fingerprint density at radius 2 is 1.56 bits per heavy atom. The zero-order valence-corrected chi connectivity index (χ0v) is 23.6. The third-order valence-corrected chi connectivity index (χ3v) is 30.4. The molecule has 0 saturated heterocycles. The third-order valence-electron chi connectivity index (χ3n) is 6.37. The molecule has 2 aromatic rings. The van der Waals surface area contributed by atoms with Crippen LogP contribution >= 0.6 is 17.0 Å². The van der Waals surface area contributed by atoms with Gasteiger partial charge in [0.25, 0.3) is 0 Å². The Morgan fingerprint density at radius 1 is 0.963 bits per heavy atom. The Kier molecular flexibility index (Phi) is 5.13. The van der Waals surface area contributed by atoms with Crippen molar-refractivity contribution in [3.8, 4) is 0 Å². The Bertz CT molecular complexity index is 921. The summed E-state index contributed by atoms with van der Waals surface area (Å²) in [5.74, 6) is 0.961. The molecule has 0 nitrogen and oxygen atoms in total. The van der Waals surface area contributed by atoms with Crippen molar-refractivity contribution in [1.82, 2.24) is 0 Å². The summed E-state index contributed by atoms with van der Waals surface area (Å²) in [6.45, 7) is 11.3. The van der Waals surface area contributed by atoms with Gasteiger partial charge in [0.15, 0.2) is 0 Å². The van der Waals surface area contributed by atoms with Crippen LogP contribution in [0.5, 0.6) is 0 Å². The molecule has 3 rings (SSSR count). The van der Waals surface area contributed by atoms with E-state index in [1.54, 1.807) is 0 Å². The third kappa shape index (κ3) is 3.61. The summed E-state index contributed by atoms with van der Waals surface area (Å²) in [4.78, 5) is 0. The molecule has 2 aromatic carbocycles. The minimum atomic E-state index is -4.73. The Balaban J connectivity index is 2.35. The molecular weight excluding hydrogens is 466 g/mol. The molecule has 0 N–H and O–H groups in total. The Hall–Kier alpha value is -0.140. The molecule has 1 unspecified atom stereocenters. The first-order chi connectivity index (χ1) is 12.3. The molecule has 1 aliphatic carbocycles. The second kappa shape index (κ2) is 6.43. The van der Waals surface area contributed by atoms with Crippen LogP contribution in [0.4, 0.5) is 0 Å². The molecule has 0 heterocycles. The van der Waals surface area contributed by atoms with E-state index in [9.17, 15) is 0 Å². The second-order valence-electron chi connectivity index (χ2n) is 10.1. The molecule has 0 radical (unpaired) electrons. The monoisotopic (exact) mass is 496 g/mol. The number of fused-ring (bicyclic) bond motifs is 1. The molecular formula is C23H32Cl2SiZr. The number of hydrogen-bond donors (Lipinski definition) is 0. The molecule has 0 aliphatic heterocycles. The summed E-state index contributed by atoms with van der Waals surface area (Å²) < 4.78 is 3.55. The van der Waals surface area contributed by atoms with Crippen LogP contribution in [0.1, 0.15) is 72.3 Å². The van der Waals surface area contributed by atoms with Crippen molar-refractivity contribution in [3.05, 3.63) is 70.3 Å². The van der Waals surface area contributed by atoms with Crippen molar-refractivity contribution in [2.75, 3.05) is 0 Å². The first-order valence-corrected chi connectivity index (χ1v) is 29.8. The van der Waals surface area contributed by atoms with Crippen LogP contribution in [0.2, 0.25) is 4.63 Å². The van der Waals surface area contributed by atoms with Gasteiger partial charge in [-0.1, -0.05) is 0 Å². The first kappa shape index (κ1) is 21.6. The van der Waals surface area contributed by atoms with Gasteiger partial charge in [-0.3, -0.25) is 0 Å². The van der Waals surface area contributed by atoms with Crippen LogP contribution in [0, 0.1) is 0 Å². The van der Waals surface area contributed by atoms with E-state index in [1.165, 1.54) is 31.1 Å². The van der Waals surface area contributed by atoms with Gasteiger partial charge in [0.05, 0.1) is 0 Å². The van der Waals surface area contributed by atoms with Gasteiger partial charge in [-0.25, -0.2) is 0 Å². The molecule has 0 aromatic heterocycles. The van der Waals surface area contributed by atoms with Gasteiger partial charge in [0, 0.05) is 0 Å². The minimum absolute atomic E-state index is 0.134. The summed E-state index contributed by atoms with van der Waals surface area (Å²) in [5.41, 5.74) is 6.88. The molecule has 0 fully saturated rings. The zero-order valence-electron chi connectivity index (χ0n) is 17.6. The average Bonchev–Trinajstić information content (AvgIpc) is 2.90. The second-order valence-corrected chi connectivity index (χ2v) is 70.3. The molecule has 146 valence electrons. The van der Waals surface area contributed by atoms with Gasteiger partial charge in [-0.05, 0) is 0 Å². The van der Waals surface area contributed by atoms with E-state index in [2.05, 4.69) is 81.7 Å². The predicted molar refractivity (Wildman–Crippen MR) is 125 cm³/mol. The number of benzene rings is 2. The summed E-state index contributed by atoms with van der Waals surface area (Å²) >= 11 is -4.73. The van der Waals surface area contributed by atoms with Crippen LogP contribution in [-0.2, 0) is 14.1 Å². The van der Waals surface area contributed by atoms with Gasteiger partial charge >= 0.3 is 173 Å². The molecule has 27 heavy (non-hydrogen) atoms. The SMILES string of the molecule is CC1=Cc2c(C(C)C)cc(C(C)C)cc2[CH]1[Zr]([CH3])([SiH3])([Cl])([Cl])[c]1ccccc1. The van der Waals surface area contributed by atoms with Gasteiger partial charge in [-0.2, -0.15) is 0 Å². The van der Waals surface area contributed by atoms with Crippen LogP contribution in [0.15, 0.2) is 48.0 Å². The van der Waals surface area contributed by atoms with Gasteiger partial charge in [0.2, 0.25) is 0 Å². The molecule has 0 amide bonds. The van der Waals surface area contributed by atoms with Crippen LogP contribution < -0.4 is 3.27 Å². The van der Waals surface area contributed by atoms with Gasteiger partial charge < -0.3 is 0 Å². The molecule has 0 saturated carbocycles. The number of allylic oxidation sites excluding steroid dienone is 1. The molecule has 0 spiro atoms. The molecule has 1 aliphatic rings. The van der Waals surface area contributed by atoms with E-state index >= 15 is 0 Å². The number of rotatable bonds is 4. The normalized spacial score (nSPS) is 19.8. The first-order valence-electron chi connectivity index (χ1n) is 10.0. The van der Waals surface area contributed by atoms with Crippen molar-refractivity contribution in [1.29, 1.82) is 0 Å². The maximum absolute atomic E-state index is 7.75. The van der Waals surface area contributed by atoms with E-state index < -0.39 is 14.1 Å². The zero-order chi connectivity index (χ0) is 20.3. The summed E-state index contributed by atoms with van der Waals surface area (Å²) in [6.07, 6.45) is 2.36. The number of hydrogen-bond acceptors (Lipinski definition) is 0. The number of halogens is 2. The molecule has 0 bridgehead atoms. The van der Waals surface area contributed by atoms with Crippen molar-refractivity contribution in [2.45, 2.75) is 54.7 Å². The summed E-state index contributed by atoms with van der Waals surface area (Å²) in [7, 11) is 16.3.